The summed E-state index contributed by atoms with van der Waals surface area (Å²) in [5.74, 6) is 0.936. The Morgan fingerprint density at radius 2 is 1.89 bits per heavy atom. The Balaban J connectivity index is 2.08. The molecule has 0 aliphatic carbocycles. The molecule has 0 amide bonds. The van der Waals surface area contributed by atoms with Gasteiger partial charge in [0.15, 0.2) is 0 Å². The summed E-state index contributed by atoms with van der Waals surface area (Å²) in [4.78, 5) is 16.7. The summed E-state index contributed by atoms with van der Waals surface area (Å²) in [6.45, 7) is 3.24. The predicted octanol–water partition coefficient (Wildman–Crippen LogP) is 1.32. The van der Waals surface area contributed by atoms with E-state index >= 15 is 0 Å². The number of ether oxygens (including phenoxy) is 1. The van der Waals surface area contributed by atoms with E-state index in [1.54, 1.807) is 6.20 Å². The van der Waals surface area contributed by atoms with Crippen LogP contribution in [0.2, 0.25) is 0 Å². The van der Waals surface area contributed by atoms with E-state index in [0.29, 0.717) is 18.4 Å². The molecule has 0 aliphatic rings. The average Bonchev–Trinajstić information content (AvgIpc) is 2.46. The molecule has 0 aliphatic heterocycles. The van der Waals surface area contributed by atoms with Gasteiger partial charge in [-0.05, 0) is 19.1 Å². The molecule has 0 fully saturated rings. The van der Waals surface area contributed by atoms with E-state index in [2.05, 4.69) is 30.6 Å². The number of rotatable bonds is 6. The van der Waals surface area contributed by atoms with E-state index < -0.39 is 0 Å². The van der Waals surface area contributed by atoms with Gasteiger partial charge in [-0.25, -0.2) is 0 Å². The Morgan fingerprint density at radius 3 is 2.53 bits per heavy atom. The van der Waals surface area contributed by atoms with E-state index in [1.165, 1.54) is 7.11 Å². The van der Waals surface area contributed by atoms with E-state index in [9.17, 15) is 0 Å². The average molecular weight is 260 g/mol. The van der Waals surface area contributed by atoms with Crippen molar-refractivity contribution in [2.45, 2.75) is 13.5 Å². The number of nitrogens with one attached hydrogen (secondary N) is 2. The fourth-order valence-corrected chi connectivity index (χ4v) is 1.44. The topological polar surface area (TPSA) is 84.9 Å². The van der Waals surface area contributed by atoms with Gasteiger partial charge in [-0.2, -0.15) is 15.0 Å². The number of methoxy groups -OCH3 is 1. The van der Waals surface area contributed by atoms with Crippen molar-refractivity contribution >= 4 is 11.9 Å². The van der Waals surface area contributed by atoms with Crippen molar-refractivity contribution in [3.05, 3.63) is 30.1 Å². The third-order valence-corrected chi connectivity index (χ3v) is 2.29. The van der Waals surface area contributed by atoms with E-state index in [1.807, 2.05) is 25.1 Å². The summed E-state index contributed by atoms with van der Waals surface area (Å²) in [5.41, 5.74) is 0.909. The van der Waals surface area contributed by atoms with Crippen molar-refractivity contribution in [3.8, 4) is 6.01 Å². The maximum Gasteiger partial charge on any atom is 0.322 e. The number of nitrogens with zero attached hydrogens (tertiary/aromatic N) is 4. The third kappa shape index (κ3) is 3.77. The lowest BCUT2D eigenvalue weighted by atomic mass is 10.3. The predicted molar refractivity (Wildman–Crippen MR) is 72.1 cm³/mol. The van der Waals surface area contributed by atoms with Crippen molar-refractivity contribution in [1.29, 1.82) is 0 Å². The van der Waals surface area contributed by atoms with Gasteiger partial charge in [0.2, 0.25) is 11.9 Å². The fraction of sp³-hybridized carbons (Fsp3) is 0.333. The Kier molecular flexibility index (Phi) is 4.44. The maximum atomic E-state index is 5.04. The summed E-state index contributed by atoms with van der Waals surface area (Å²) in [6, 6.07) is 6.01. The molecule has 100 valence electrons. The van der Waals surface area contributed by atoms with Crippen LogP contribution in [0.1, 0.15) is 12.6 Å². The Hall–Kier alpha value is -2.44. The van der Waals surface area contributed by atoms with Crippen molar-refractivity contribution in [1.82, 2.24) is 19.9 Å². The Bertz CT molecular complexity index is 519. The van der Waals surface area contributed by atoms with Crippen LogP contribution in [0.15, 0.2) is 24.4 Å². The van der Waals surface area contributed by atoms with E-state index in [-0.39, 0.29) is 6.01 Å². The molecule has 7 nitrogen and oxygen atoms in total. The summed E-state index contributed by atoms with van der Waals surface area (Å²) in [6.07, 6.45) is 1.75. The summed E-state index contributed by atoms with van der Waals surface area (Å²) < 4.78 is 5.04. The SMILES string of the molecule is CCNc1nc(NCc2ccccn2)nc(OC)n1. The van der Waals surface area contributed by atoms with Crippen LogP contribution in [-0.4, -0.2) is 33.6 Å². The lowest BCUT2D eigenvalue weighted by Gasteiger charge is -2.08. The van der Waals surface area contributed by atoms with Crippen molar-refractivity contribution in [2.24, 2.45) is 0 Å². The van der Waals surface area contributed by atoms with E-state index in [4.69, 9.17) is 4.74 Å². The van der Waals surface area contributed by atoms with Crippen molar-refractivity contribution < 1.29 is 4.74 Å². The van der Waals surface area contributed by atoms with Gasteiger partial charge < -0.3 is 15.4 Å². The highest BCUT2D eigenvalue weighted by atomic mass is 16.5. The minimum atomic E-state index is 0.273. The van der Waals surface area contributed by atoms with E-state index in [0.717, 1.165) is 12.2 Å². The smallest absolute Gasteiger partial charge is 0.322 e. The van der Waals surface area contributed by atoms with Gasteiger partial charge in [0.05, 0.1) is 19.3 Å². The number of aromatic nitrogens is 4. The third-order valence-electron chi connectivity index (χ3n) is 2.29. The largest absolute Gasteiger partial charge is 0.467 e. The zero-order chi connectivity index (χ0) is 13.5. The number of hydrogen-bond donors (Lipinski definition) is 2. The Morgan fingerprint density at radius 1 is 1.11 bits per heavy atom. The van der Waals surface area contributed by atoms with Crippen LogP contribution >= 0.6 is 0 Å². The molecule has 0 spiro atoms. The number of hydrogen-bond acceptors (Lipinski definition) is 7. The van der Waals surface area contributed by atoms with Crippen molar-refractivity contribution in [3.63, 3.8) is 0 Å². The molecule has 0 unspecified atom stereocenters. The molecule has 0 bridgehead atoms. The van der Waals surface area contributed by atoms with Crippen LogP contribution in [0.4, 0.5) is 11.9 Å². The van der Waals surface area contributed by atoms with Crippen molar-refractivity contribution in [2.75, 3.05) is 24.3 Å². The van der Waals surface area contributed by atoms with Crippen LogP contribution in [-0.2, 0) is 6.54 Å². The minimum absolute atomic E-state index is 0.273. The second-order valence-electron chi connectivity index (χ2n) is 3.67. The second-order valence-corrected chi connectivity index (χ2v) is 3.67. The molecule has 2 N–H and O–H groups in total. The second kappa shape index (κ2) is 6.48. The Labute approximate surface area is 111 Å². The highest BCUT2D eigenvalue weighted by molar-refractivity contribution is 5.36. The highest BCUT2D eigenvalue weighted by Gasteiger charge is 2.06. The molecule has 0 aromatic carbocycles. The molecule has 2 heterocycles. The summed E-state index contributed by atoms with van der Waals surface area (Å²) in [7, 11) is 1.52. The van der Waals surface area contributed by atoms with Gasteiger partial charge in [-0.3, -0.25) is 4.98 Å². The molecule has 0 radical (unpaired) electrons. The first-order chi connectivity index (χ1) is 9.31. The van der Waals surface area contributed by atoms with Crippen LogP contribution in [0, 0.1) is 0 Å². The number of pyridine rings is 1. The molecule has 0 saturated carbocycles. The standard InChI is InChI=1S/C12H16N6O/c1-3-13-10-16-11(18-12(17-10)19-2)15-8-9-6-4-5-7-14-9/h4-7H,3,8H2,1-2H3,(H2,13,15,16,17,18). The van der Waals surface area contributed by atoms with Gasteiger partial charge in [-0.1, -0.05) is 6.07 Å². The molecule has 2 aromatic rings. The van der Waals surface area contributed by atoms with Gasteiger partial charge in [0.25, 0.3) is 0 Å². The van der Waals surface area contributed by atoms with Crippen LogP contribution in [0.25, 0.3) is 0 Å². The molecule has 2 aromatic heterocycles. The van der Waals surface area contributed by atoms with Gasteiger partial charge in [0.1, 0.15) is 0 Å². The molecular formula is C12H16N6O. The molecule has 7 heteroatoms. The lowest BCUT2D eigenvalue weighted by Crippen LogP contribution is -2.10. The first-order valence-corrected chi connectivity index (χ1v) is 5.99. The first-order valence-electron chi connectivity index (χ1n) is 5.99. The van der Waals surface area contributed by atoms with Gasteiger partial charge in [0, 0.05) is 12.7 Å². The fourth-order valence-electron chi connectivity index (χ4n) is 1.44. The van der Waals surface area contributed by atoms with Crippen LogP contribution in [0.5, 0.6) is 6.01 Å². The normalized spacial score (nSPS) is 10.0. The number of anilines is 2. The molecule has 0 atom stereocenters. The van der Waals surface area contributed by atoms with Gasteiger partial charge >= 0.3 is 6.01 Å². The van der Waals surface area contributed by atoms with Crippen LogP contribution in [0.3, 0.4) is 0 Å². The maximum absolute atomic E-state index is 5.04. The molecular weight excluding hydrogens is 244 g/mol. The highest BCUT2D eigenvalue weighted by Crippen LogP contribution is 2.11. The molecule has 19 heavy (non-hydrogen) atoms. The molecule has 2 rings (SSSR count). The molecule has 0 saturated heterocycles. The minimum Gasteiger partial charge on any atom is -0.467 e. The van der Waals surface area contributed by atoms with Gasteiger partial charge in [-0.15, -0.1) is 0 Å². The quantitative estimate of drug-likeness (QED) is 0.810. The summed E-state index contributed by atoms with van der Waals surface area (Å²) >= 11 is 0. The monoisotopic (exact) mass is 260 g/mol. The summed E-state index contributed by atoms with van der Waals surface area (Å²) in [5, 5.41) is 6.11. The first kappa shape index (κ1) is 13.0. The zero-order valence-electron chi connectivity index (χ0n) is 10.9. The van der Waals surface area contributed by atoms with Crippen LogP contribution < -0.4 is 15.4 Å². The zero-order valence-corrected chi connectivity index (χ0v) is 10.9. The lowest BCUT2D eigenvalue weighted by molar-refractivity contribution is 0.379.